The van der Waals surface area contributed by atoms with Gasteiger partial charge in [-0.15, -0.1) is 0 Å². The highest BCUT2D eigenvalue weighted by atomic mass is 16.5. The maximum atomic E-state index is 11.8. The van der Waals surface area contributed by atoms with Crippen LogP contribution in [0.4, 0.5) is 0 Å². The third-order valence-corrected chi connectivity index (χ3v) is 4.31. The van der Waals surface area contributed by atoms with Crippen LogP contribution in [-0.2, 0) is 9.53 Å². The highest BCUT2D eigenvalue weighted by Gasteiger charge is 2.33. The number of ether oxygens (including phenoxy) is 1. The highest BCUT2D eigenvalue weighted by Crippen LogP contribution is 2.33. The SMILES string of the molecule is CNC1(CC(=O)OCCC2CC2)CCCCC1. The molecular weight excluding hydrogens is 214 g/mol. The predicted molar refractivity (Wildman–Crippen MR) is 67.8 cm³/mol. The molecule has 0 unspecified atom stereocenters. The van der Waals surface area contributed by atoms with Crippen LogP contribution in [0.15, 0.2) is 0 Å². The van der Waals surface area contributed by atoms with E-state index in [1.807, 2.05) is 7.05 Å². The van der Waals surface area contributed by atoms with E-state index in [1.165, 1.54) is 32.1 Å². The molecule has 1 N–H and O–H groups in total. The molecule has 0 radical (unpaired) electrons. The average Bonchev–Trinajstić information content (AvgIpc) is 3.14. The van der Waals surface area contributed by atoms with Crippen molar-refractivity contribution in [3.05, 3.63) is 0 Å². The Hall–Kier alpha value is -0.570. The second-order valence-corrected chi connectivity index (χ2v) is 5.72. The summed E-state index contributed by atoms with van der Waals surface area (Å²) in [6.07, 6.45) is 10.3. The van der Waals surface area contributed by atoms with Gasteiger partial charge in [0.15, 0.2) is 0 Å². The molecule has 0 atom stereocenters. The Kier molecular flexibility index (Phi) is 4.43. The highest BCUT2D eigenvalue weighted by molar-refractivity contribution is 5.71. The van der Waals surface area contributed by atoms with Gasteiger partial charge in [0.05, 0.1) is 13.0 Å². The van der Waals surface area contributed by atoms with E-state index in [9.17, 15) is 4.79 Å². The maximum absolute atomic E-state index is 11.8. The van der Waals surface area contributed by atoms with Crippen molar-refractivity contribution >= 4 is 5.97 Å². The first-order valence-corrected chi connectivity index (χ1v) is 7.09. The van der Waals surface area contributed by atoms with Crippen LogP contribution >= 0.6 is 0 Å². The van der Waals surface area contributed by atoms with E-state index < -0.39 is 0 Å². The molecule has 3 nitrogen and oxygen atoms in total. The third-order valence-electron chi connectivity index (χ3n) is 4.31. The van der Waals surface area contributed by atoms with Crippen LogP contribution in [0.3, 0.4) is 0 Å². The minimum atomic E-state index is -0.0121. The maximum Gasteiger partial charge on any atom is 0.307 e. The summed E-state index contributed by atoms with van der Waals surface area (Å²) in [5.41, 5.74) is 0.0227. The van der Waals surface area contributed by atoms with Crippen molar-refractivity contribution in [2.24, 2.45) is 5.92 Å². The zero-order valence-electron chi connectivity index (χ0n) is 11.0. The topological polar surface area (TPSA) is 38.3 Å². The summed E-state index contributed by atoms with van der Waals surface area (Å²) in [7, 11) is 1.97. The Labute approximate surface area is 104 Å². The van der Waals surface area contributed by atoms with Gasteiger partial charge in [-0.3, -0.25) is 4.79 Å². The van der Waals surface area contributed by atoms with E-state index in [2.05, 4.69) is 5.32 Å². The molecule has 0 heterocycles. The molecule has 2 rings (SSSR count). The van der Waals surface area contributed by atoms with Crippen molar-refractivity contribution in [3.63, 3.8) is 0 Å². The van der Waals surface area contributed by atoms with E-state index in [4.69, 9.17) is 4.74 Å². The number of carbonyl (C=O) groups is 1. The Morgan fingerprint density at radius 3 is 2.59 bits per heavy atom. The molecule has 3 heteroatoms. The van der Waals surface area contributed by atoms with E-state index in [-0.39, 0.29) is 11.5 Å². The normalized spacial score (nSPS) is 23.4. The zero-order valence-corrected chi connectivity index (χ0v) is 11.0. The number of carbonyl (C=O) groups excluding carboxylic acids is 1. The van der Waals surface area contributed by atoms with Gasteiger partial charge in [-0.2, -0.15) is 0 Å². The second kappa shape index (κ2) is 5.85. The van der Waals surface area contributed by atoms with Gasteiger partial charge in [0.25, 0.3) is 0 Å². The van der Waals surface area contributed by atoms with Gasteiger partial charge in [0.1, 0.15) is 0 Å². The summed E-state index contributed by atoms with van der Waals surface area (Å²) in [6, 6.07) is 0. The van der Waals surface area contributed by atoms with Crippen molar-refractivity contribution in [2.75, 3.05) is 13.7 Å². The molecule has 0 spiro atoms. The molecule has 2 aliphatic carbocycles. The molecule has 98 valence electrons. The van der Waals surface area contributed by atoms with Crippen LogP contribution in [0.2, 0.25) is 0 Å². The fourth-order valence-electron chi connectivity index (χ4n) is 2.82. The lowest BCUT2D eigenvalue weighted by Gasteiger charge is -2.36. The van der Waals surface area contributed by atoms with Gasteiger partial charge in [-0.05, 0) is 32.2 Å². The minimum Gasteiger partial charge on any atom is -0.466 e. The van der Waals surface area contributed by atoms with Crippen LogP contribution in [0.25, 0.3) is 0 Å². The zero-order chi connectivity index (χ0) is 12.1. The molecule has 0 saturated heterocycles. The van der Waals surface area contributed by atoms with E-state index in [0.717, 1.165) is 25.2 Å². The van der Waals surface area contributed by atoms with Crippen molar-refractivity contribution in [1.29, 1.82) is 0 Å². The standard InChI is InChI=1S/C14H25NO2/c1-15-14(8-3-2-4-9-14)11-13(16)17-10-7-12-5-6-12/h12,15H,2-11H2,1H3. The van der Waals surface area contributed by atoms with Crippen LogP contribution < -0.4 is 5.32 Å². The van der Waals surface area contributed by atoms with Gasteiger partial charge in [0, 0.05) is 5.54 Å². The first-order valence-electron chi connectivity index (χ1n) is 7.09. The summed E-state index contributed by atoms with van der Waals surface area (Å²) in [5.74, 6) is 0.831. The van der Waals surface area contributed by atoms with Gasteiger partial charge < -0.3 is 10.1 Å². The first-order chi connectivity index (χ1) is 8.24. The fourth-order valence-corrected chi connectivity index (χ4v) is 2.82. The van der Waals surface area contributed by atoms with E-state index >= 15 is 0 Å². The van der Waals surface area contributed by atoms with Gasteiger partial charge in [-0.1, -0.05) is 32.1 Å². The molecule has 0 aromatic heterocycles. The van der Waals surface area contributed by atoms with E-state index in [0.29, 0.717) is 13.0 Å². The predicted octanol–water partition coefficient (Wildman–Crippen LogP) is 2.64. The van der Waals surface area contributed by atoms with Crippen molar-refractivity contribution in [3.8, 4) is 0 Å². The first kappa shape index (κ1) is 12.9. The number of esters is 1. The largest absolute Gasteiger partial charge is 0.466 e. The fraction of sp³-hybridized carbons (Fsp3) is 0.929. The van der Waals surface area contributed by atoms with Crippen molar-refractivity contribution < 1.29 is 9.53 Å². The monoisotopic (exact) mass is 239 g/mol. The number of hydrogen-bond donors (Lipinski definition) is 1. The molecule has 2 aliphatic rings. The van der Waals surface area contributed by atoms with Crippen molar-refractivity contribution in [1.82, 2.24) is 5.32 Å². The number of nitrogens with one attached hydrogen (secondary N) is 1. The minimum absolute atomic E-state index is 0.0121. The quantitative estimate of drug-likeness (QED) is 0.724. The second-order valence-electron chi connectivity index (χ2n) is 5.72. The average molecular weight is 239 g/mol. The summed E-state index contributed by atoms with van der Waals surface area (Å²) >= 11 is 0. The molecule has 17 heavy (non-hydrogen) atoms. The lowest BCUT2D eigenvalue weighted by Crippen LogP contribution is -2.46. The molecular formula is C14H25NO2. The van der Waals surface area contributed by atoms with Crippen molar-refractivity contribution in [2.45, 2.75) is 63.3 Å². The van der Waals surface area contributed by atoms with Crippen LogP contribution in [0.5, 0.6) is 0 Å². The summed E-state index contributed by atoms with van der Waals surface area (Å²) < 4.78 is 5.34. The Morgan fingerprint density at radius 2 is 2.00 bits per heavy atom. The Bertz CT molecular complexity index is 255. The lowest BCUT2D eigenvalue weighted by atomic mass is 9.79. The summed E-state index contributed by atoms with van der Waals surface area (Å²) in [5, 5.41) is 3.36. The van der Waals surface area contributed by atoms with Crippen LogP contribution in [0, 0.1) is 5.92 Å². The molecule has 0 amide bonds. The van der Waals surface area contributed by atoms with Gasteiger partial charge >= 0.3 is 5.97 Å². The molecule has 2 saturated carbocycles. The Morgan fingerprint density at radius 1 is 1.29 bits per heavy atom. The molecule has 2 fully saturated rings. The molecule has 0 bridgehead atoms. The van der Waals surface area contributed by atoms with Crippen LogP contribution in [0.1, 0.15) is 57.8 Å². The van der Waals surface area contributed by atoms with Gasteiger partial charge in [0.2, 0.25) is 0 Å². The number of hydrogen-bond acceptors (Lipinski definition) is 3. The summed E-state index contributed by atoms with van der Waals surface area (Å²) in [6.45, 7) is 0.628. The smallest absolute Gasteiger partial charge is 0.307 e. The van der Waals surface area contributed by atoms with E-state index in [1.54, 1.807) is 0 Å². The summed E-state index contributed by atoms with van der Waals surface area (Å²) in [4.78, 5) is 11.8. The number of rotatable bonds is 6. The lowest BCUT2D eigenvalue weighted by molar-refractivity contribution is -0.146. The van der Waals surface area contributed by atoms with Crippen LogP contribution in [-0.4, -0.2) is 25.2 Å². The molecule has 0 aromatic rings. The molecule has 0 aromatic carbocycles. The third kappa shape index (κ3) is 3.98. The van der Waals surface area contributed by atoms with Gasteiger partial charge in [-0.25, -0.2) is 0 Å². The Balaban J connectivity index is 1.70. The molecule has 0 aliphatic heterocycles.